The fraction of sp³-hybridized carbons (Fsp3) is 0.400. The number of hydrogen-bond acceptors (Lipinski definition) is 6. The number of hydrogen-bond donors (Lipinski definition) is 1. The minimum atomic E-state index is -3.77. The Morgan fingerprint density at radius 1 is 1.00 bits per heavy atom. The predicted octanol–water partition coefficient (Wildman–Crippen LogP) is 5.22. The molecule has 3 heterocycles. The van der Waals surface area contributed by atoms with Gasteiger partial charge >= 0.3 is 0 Å². The number of sulfonamides is 1. The molecule has 0 atom stereocenters. The first-order valence-corrected chi connectivity index (χ1v) is 15.8. The van der Waals surface area contributed by atoms with Crippen LogP contribution in [0.2, 0.25) is 0 Å². The van der Waals surface area contributed by atoms with Gasteiger partial charge in [-0.25, -0.2) is 27.2 Å². The summed E-state index contributed by atoms with van der Waals surface area (Å²) in [5.74, 6) is -1.74. The van der Waals surface area contributed by atoms with Crippen molar-refractivity contribution in [3.8, 4) is 16.8 Å². The third-order valence-electron chi connectivity index (χ3n) is 8.16. The van der Waals surface area contributed by atoms with E-state index in [1.54, 1.807) is 18.6 Å². The highest BCUT2D eigenvalue weighted by Gasteiger charge is 2.30. The SMILES string of the molecule is CCc1c(N2CCN(CC)CC2)ccc2c1c(-c1cncnc1)cn2-c1c(F)ccc(NS(=O)(=O)CC2CC2)c1F. The maximum Gasteiger partial charge on any atom is 0.233 e. The Labute approximate surface area is 239 Å². The van der Waals surface area contributed by atoms with E-state index < -0.39 is 21.7 Å². The first kappa shape index (κ1) is 27.6. The number of benzene rings is 2. The van der Waals surface area contributed by atoms with Gasteiger partial charge < -0.3 is 14.4 Å². The minimum Gasteiger partial charge on any atom is -0.369 e. The van der Waals surface area contributed by atoms with Gasteiger partial charge in [-0.05, 0) is 61.6 Å². The summed E-state index contributed by atoms with van der Waals surface area (Å²) < 4.78 is 60.6. The number of fused-ring (bicyclic) bond motifs is 1. The first-order valence-electron chi connectivity index (χ1n) is 14.2. The molecule has 41 heavy (non-hydrogen) atoms. The summed E-state index contributed by atoms with van der Waals surface area (Å²) in [6, 6.07) is 6.17. The van der Waals surface area contributed by atoms with Gasteiger partial charge in [-0.2, -0.15) is 0 Å². The molecule has 0 bridgehead atoms. The van der Waals surface area contributed by atoms with Crippen LogP contribution >= 0.6 is 0 Å². The van der Waals surface area contributed by atoms with Crippen molar-refractivity contribution in [2.45, 2.75) is 33.1 Å². The van der Waals surface area contributed by atoms with Crippen LogP contribution < -0.4 is 9.62 Å². The van der Waals surface area contributed by atoms with E-state index in [0.29, 0.717) is 11.9 Å². The topological polar surface area (TPSA) is 83.4 Å². The molecule has 8 nitrogen and oxygen atoms in total. The molecule has 216 valence electrons. The summed E-state index contributed by atoms with van der Waals surface area (Å²) >= 11 is 0. The maximum absolute atomic E-state index is 16.0. The molecule has 1 aliphatic heterocycles. The maximum atomic E-state index is 16.0. The van der Waals surface area contributed by atoms with Crippen molar-refractivity contribution in [2.24, 2.45) is 5.92 Å². The number of rotatable bonds is 9. The zero-order valence-corrected chi connectivity index (χ0v) is 24.1. The lowest BCUT2D eigenvalue weighted by Crippen LogP contribution is -2.46. The van der Waals surface area contributed by atoms with Crippen LogP contribution in [0.25, 0.3) is 27.7 Å². The standard InChI is InChI=1S/C30H34F2N6O2S/c1-3-22-26(37-13-11-36(4-2)12-14-37)9-10-27-28(22)23(21-15-33-19-34-16-21)17-38(27)30-24(31)7-8-25(29(30)32)35-41(39,40)18-20-5-6-20/h7-10,15-17,19-20,35H,3-6,11-14,18H2,1-2H3. The van der Waals surface area contributed by atoms with E-state index in [1.165, 1.54) is 10.9 Å². The lowest BCUT2D eigenvalue weighted by molar-refractivity contribution is 0.271. The molecule has 2 aromatic heterocycles. The van der Waals surface area contributed by atoms with Gasteiger partial charge in [-0.15, -0.1) is 0 Å². The summed E-state index contributed by atoms with van der Waals surface area (Å²) in [6.45, 7) is 8.99. The van der Waals surface area contributed by atoms with Crippen LogP contribution in [-0.4, -0.2) is 66.3 Å². The average molecular weight is 581 g/mol. The lowest BCUT2D eigenvalue weighted by atomic mass is 9.98. The van der Waals surface area contributed by atoms with E-state index in [9.17, 15) is 8.42 Å². The number of nitrogens with one attached hydrogen (secondary N) is 1. The number of nitrogens with zero attached hydrogens (tertiary/aromatic N) is 5. The van der Waals surface area contributed by atoms with Crippen molar-refractivity contribution in [2.75, 3.05) is 48.1 Å². The smallest absolute Gasteiger partial charge is 0.233 e. The van der Waals surface area contributed by atoms with E-state index in [-0.39, 0.29) is 23.0 Å². The van der Waals surface area contributed by atoms with Gasteiger partial charge in [0.1, 0.15) is 17.8 Å². The van der Waals surface area contributed by atoms with E-state index in [4.69, 9.17) is 0 Å². The molecule has 0 radical (unpaired) electrons. The molecule has 2 fully saturated rings. The van der Waals surface area contributed by atoms with Crippen molar-refractivity contribution in [1.82, 2.24) is 19.4 Å². The van der Waals surface area contributed by atoms with E-state index in [2.05, 4.69) is 38.3 Å². The second kappa shape index (κ2) is 11.0. The molecular formula is C30H34F2N6O2S. The molecule has 2 aliphatic rings. The molecule has 0 amide bonds. The molecule has 1 aliphatic carbocycles. The zero-order valence-electron chi connectivity index (χ0n) is 23.3. The summed E-state index contributed by atoms with van der Waals surface area (Å²) in [7, 11) is -3.77. The first-order chi connectivity index (χ1) is 19.8. The van der Waals surface area contributed by atoms with Gasteiger partial charge in [-0.3, -0.25) is 4.72 Å². The van der Waals surface area contributed by atoms with Crippen LogP contribution in [0.3, 0.4) is 0 Å². The molecular weight excluding hydrogens is 546 g/mol. The Morgan fingerprint density at radius 2 is 1.73 bits per heavy atom. The summed E-state index contributed by atoms with van der Waals surface area (Å²) in [5, 5.41) is 0.872. The van der Waals surface area contributed by atoms with Gasteiger partial charge in [-0.1, -0.05) is 13.8 Å². The molecule has 0 unspecified atom stereocenters. The number of anilines is 2. The highest BCUT2D eigenvalue weighted by molar-refractivity contribution is 7.92. The van der Waals surface area contributed by atoms with E-state index in [1.807, 2.05) is 12.1 Å². The molecule has 2 aromatic carbocycles. The molecule has 11 heteroatoms. The Bertz CT molecular complexity index is 1680. The van der Waals surface area contributed by atoms with E-state index >= 15 is 8.78 Å². The zero-order chi connectivity index (χ0) is 28.7. The fourth-order valence-electron chi connectivity index (χ4n) is 5.83. The van der Waals surface area contributed by atoms with Crippen LogP contribution in [0.1, 0.15) is 32.3 Å². The Kier molecular flexibility index (Phi) is 7.41. The van der Waals surface area contributed by atoms with Crippen molar-refractivity contribution in [3.63, 3.8) is 0 Å². The number of aryl methyl sites for hydroxylation is 1. The molecule has 0 spiro atoms. The normalized spacial score (nSPS) is 16.4. The number of likely N-dealkylation sites (N-methyl/N-ethyl adjacent to an activating group) is 1. The second-order valence-electron chi connectivity index (χ2n) is 10.9. The molecule has 1 saturated carbocycles. The summed E-state index contributed by atoms with van der Waals surface area (Å²) in [6.07, 6.45) is 8.91. The number of aromatic nitrogens is 3. The Morgan fingerprint density at radius 3 is 2.39 bits per heavy atom. The summed E-state index contributed by atoms with van der Waals surface area (Å²) in [4.78, 5) is 13.2. The van der Waals surface area contributed by atoms with Gasteiger partial charge in [0, 0.05) is 67.0 Å². The van der Waals surface area contributed by atoms with E-state index in [0.717, 1.165) is 85.5 Å². The third kappa shape index (κ3) is 5.40. The minimum absolute atomic E-state index is 0.0705. The second-order valence-corrected chi connectivity index (χ2v) is 12.6. The summed E-state index contributed by atoms with van der Waals surface area (Å²) in [5.41, 5.74) is 3.67. The third-order valence-corrected chi connectivity index (χ3v) is 9.61. The van der Waals surface area contributed by atoms with Crippen molar-refractivity contribution in [3.05, 3.63) is 66.4 Å². The quantitative estimate of drug-likeness (QED) is 0.292. The van der Waals surface area contributed by atoms with Gasteiger partial charge in [0.15, 0.2) is 5.82 Å². The molecule has 1 N–H and O–H groups in total. The monoisotopic (exact) mass is 580 g/mol. The molecule has 4 aromatic rings. The predicted molar refractivity (Wildman–Crippen MR) is 158 cm³/mol. The lowest BCUT2D eigenvalue weighted by Gasteiger charge is -2.36. The Balaban J connectivity index is 1.51. The van der Waals surface area contributed by atoms with Gasteiger partial charge in [0.2, 0.25) is 10.0 Å². The van der Waals surface area contributed by atoms with Gasteiger partial charge in [0.25, 0.3) is 0 Å². The van der Waals surface area contributed by atoms with Crippen LogP contribution in [0.4, 0.5) is 20.2 Å². The van der Waals surface area contributed by atoms with Crippen molar-refractivity contribution in [1.29, 1.82) is 0 Å². The van der Waals surface area contributed by atoms with Gasteiger partial charge in [0.05, 0.1) is 17.0 Å². The van der Waals surface area contributed by atoms with Crippen LogP contribution in [0.5, 0.6) is 0 Å². The number of piperazine rings is 1. The van der Waals surface area contributed by atoms with Crippen LogP contribution in [0, 0.1) is 17.6 Å². The van der Waals surface area contributed by atoms with Crippen LogP contribution in [0.15, 0.2) is 49.2 Å². The van der Waals surface area contributed by atoms with Crippen molar-refractivity contribution < 1.29 is 17.2 Å². The molecule has 6 rings (SSSR count). The highest BCUT2D eigenvalue weighted by Crippen LogP contribution is 2.41. The van der Waals surface area contributed by atoms with Crippen molar-refractivity contribution >= 4 is 32.3 Å². The highest BCUT2D eigenvalue weighted by atomic mass is 32.2. The Hall–Kier alpha value is -3.57. The van der Waals surface area contributed by atoms with Crippen LogP contribution in [-0.2, 0) is 16.4 Å². The number of halogens is 2. The fourth-order valence-corrected chi connectivity index (χ4v) is 7.36. The molecule has 1 saturated heterocycles. The largest absolute Gasteiger partial charge is 0.369 e. The average Bonchev–Trinajstić information content (AvgIpc) is 3.71.